The van der Waals surface area contributed by atoms with Gasteiger partial charge < -0.3 is 15.3 Å². The van der Waals surface area contributed by atoms with Crippen molar-refractivity contribution in [1.29, 1.82) is 0 Å². The Bertz CT molecular complexity index is 328. The van der Waals surface area contributed by atoms with Gasteiger partial charge in [-0.3, -0.25) is 0 Å². The highest BCUT2D eigenvalue weighted by Crippen LogP contribution is 2.19. The molecule has 0 spiro atoms. The summed E-state index contributed by atoms with van der Waals surface area (Å²) in [6, 6.07) is 8.77. The maximum Gasteiger partial charge on any atom is 0.0446 e. The minimum atomic E-state index is 0.233. The fourth-order valence-electron chi connectivity index (χ4n) is 2.06. The summed E-state index contributed by atoms with van der Waals surface area (Å²) in [5.74, 6) is 0. The van der Waals surface area contributed by atoms with Crippen LogP contribution in [0.5, 0.6) is 0 Å². The second-order valence-electron chi connectivity index (χ2n) is 4.32. The van der Waals surface area contributed by atoms with Crippen LogP contribution >= 0.6 is 0 Å². The van der Waals surface area contributed by atoms with Crippen molar-refractivity contribution in [2.45, 2.75) is 26.3 Å². The van der Waals surface area contributed by atoms with Crippen molar-refractivity contribution < 1.29 is 5.11 Å². The number of benzene rings is 1. The van der Waals surface area contributed by atoms with Crippen molar-refractivity contribution >= 4 is 5.69 Å². The zero-order valence-electron chi connectivity index (χ0n) is 11.1. The van der Waals surface area contributed by atoms with E-state index >= 15 is 0 Å². The minimum absolute atomic E-state index is 0.233. The van der Waals surface area contributed by atoms with Gasteiger partial charge in [0.2, 0.25) is 0 Å². The molecule has 2 N–H and O–H groups in total. The van der Waals surface area contributed by atoms with Crippen LogP contribution in [-0.4, -0.2) is 37.9 Å². The molecule has 0 radical (unpaired) electrons. The largest absolute Gasteiger partial charge is 0.396 e. The third-order valence-corrected chi connectivity index (χ3v) is 3.16. The molecule has 0 aliphatic rings. The van der Waals surface area contributed by atoms with E-state index in [2.05, 4.69) is 48.3 Å². The van der Waals surface area contributed by atoms with Gasteiger partial charge in [-0.15, -0.1) is 0 Å². The van der Waals surface area contributed by atoms with Crippen LogP contribution in [0, 0.1) is 6.92 Å². The normalized spacial score (nSPS) is 12.5. The lowest BCUT2D eigenvalue weighted by molar-refractivity contribution is 0.268. The Morgan fingerprint density at radius 1 is 1.35 bits per heavy atom. The van der Waals surface area contributed by atoms with E-state index in [4.69, 9.17) is 5.11 Å². The molecule has 0 saturated heterocycles. The first-order valence-electron chi connectivity index (χ1n) is 6.31. The number of aliphatic hydroxyl groups excluding tert-OH is 1. The van der Waals surface area contributed by atoms with Crippen molar-refractivity contribution in [2.75, 3.05) is 31.6 Å². The Morgan fingerprint density at radius 3 is 2.59 bits per heavy atom. The van der Waals surface area contributed by atoms with Crippen molar-refractivity contribution in [3.05, 3.63) is 29.8 Å². The molecule has 0 heterocycles. The summed E-state index contributed by atoms with van der Waals surface area (Å²) in [4.78, 5) is 2.35. The summed E-state index contributed by atoms with van der Waals surface area (Å²) in [6.45, 7) is 6.44. The zero-order valence-corrected chi connectivity index (χ0v) is 11.1. The Balaban J connectivity index is 2.74. The van der Waals surface area contributed by atoms with Crippen LogP contribution in [0.3, 0.4) is 0 Å². The second-order valence-corrected chi connectivity index (χ2v) is 4.32. The molecule has 1 aromatic carbocycles. The molecule has 1 rings (SSSR count). The maximum atomic E-state index is 9.02. The SMILES string of the molecule is CCN(CC(CCO)NC)c1ccccc1C. The molecule has 17 heavy (non-hydrogen) atoms. The molecule has 0 fully saturated rings. The molecule has 3 heteroatoms. The smallest absolute Gasteiger partial charge is 0.0446 e. The average Bonchev–Trinajstić information content (AvgIpc) is 2.35. The van der Waals surface area contributed by atoms with E-state index in [9.17, 15) is 0 Å². The molecule has 0 aliphatic carbocycles. The number of anilines is 1. The highest BCUT2D eigenvalue weighted by Gasteiger charge is 2.12. The summed E-state index contributed by atoms with van der Waals surface area (Å²) in [5.41, 5.74) is 2.58. The number of hydrogen-bond donors (Lipinski definition) is 2. The highest BCUT2D eigenvalue weighted by molar-refractivity contribution is 5.52. The summed E-state index contributed by atoms with van der Waals surface area (Å²) >= 11 is 0. The predicted molar refractivity (Wildman–Crippen MR) is 73.6 cm³/mol. The minimum Gasteiger partial charge on any atom is -0.396 e. The van der Waals surface area contributed by atoms with E-state index in [-0.39, 0.29) is 6.61 Å². The fourth-order valence-corrected chi connectivity index (χ4v) is 2.06. The number of nitrogens with one attached hydrogen (secondary N) is 1. The molecule has 1 atom stereocenters. The first kappa shape index (κ1) is 14.0. The first-order valence-corrected chi connectivity index (χ1v) is 6.31. The van der Waals surface area contributed by atoms with E-state index in [1.807, 2.05) is 7.05 Å². The standard InChI is InChI=1S/C14H24N2O/c1-4-16(11-13(15-3)9-10-17)14-8-6-5-7-12(14)2/h5-8,13,15,17H,4,9-11H2,1-3H3. The monoisotopic (exact) mass is 236 g/mol. The van der Waals surface area contributed by atoms with Crippen LogP contribution in [0.4, 0.5) is 5.69 Å². The van der Waals surface area contributed by atoms with Gasteiger partial charge in [0, 0.05) is 31.4 Å². The molecular weight excluding hydrogens is 212 g/mol. The van der Waals surface area contributed by atoms with Gasteiger partial charge in [-0.25, -0.2) is 0 Å². The van der Waals surface area contributed by atoms with Crippen molar-refractivity contribution in [3.63, 3.8) is 0 Å². The highest BCUT2D eigenvalue weighted by atomic mass is 16.3. The van der Waals surface area contributed by atoms with Gasteiger partial charge >= 0.3 is 0 Å². The lowest BCUT2D eigenvalue weighted by Crippen LogP contribution is -2.40. The maximum absolute atomic E-state index is 9.02. The number of rotatable bonds is 7. The molecule has 3 nitrogen and oxygen atoms in total. The van der Waals surface area contributed by atoms with Crippen LogP contribution in [0.2, 0.25) is 0 Å². The molecule has 0 aromatic heterocycles. The Labute approximate surface area is 104 Å². The fraction of sp³-hybridized carbons (Fsp3) is 0.571. The van der Waals surface area contributed by atoms with Crippen molar-refractivity contribution in [2.24, 2.45) is 0 Å². The summed E-state index contributed by atoms with van der Waals surface area (Å²) < 4.78 is 0. The van der Waals surface area contributed by atoms with E-state index in [1.165, 1.54) is 11.3 Å². The van der Waals surface area contributed by atoms with Crippen molar-refractivity contribution in [3.8, 4) is 0 Å². The Kier molecular flexibility index (Phi) is 6.01. The van der Waals surface area contributed by atoms with E-state index in [0.29, 0.717) is 6.04 Å². The summed E-state index contributed by atoms with van der Waals surface area (Å²) in [5, 5.41) is 12.3. The number of aryl methyl sites for hydroxylation is 1. The average molecular weight is 236 g/mol. The molecule has 1 unspecified atom stereocenters. The lowest BCUT2D eigenvalue weighted by Gasteiger charge is -2.29. The zero-order chi connectivity index (χ0) is 12.7. The first-order chi connectivity index (χ1) is 8.22. The van der Waals surface area contributed by atoms with Gasteiger partial charge in [-0.05, 0) is 38.9 Å². The number of para-hydroxylation sites is 1. The summed E-state index contributed by atoms with van der Waals surface area (Å²) in [7, 11) is 1.95. The molecule has 0 bridgehead atoms. The molecule has 0 saturated carbocycles. The van der Waals surface area contributed by atoms with E-state index in [1.54, 1.807) is 0 Å². The Hall–Kier alpha value is -1.06. The number of likely N-dealkylation sites (N-methyl/N-ethyl adjacent to an activating group) is 2. The number of nitrogens with zero attached hydrogens (tertiary/aromatic N) is 1. The second kappa shape index (κ2) is 7.30. The van der Waals surface area contributed by atoms with Gasteiger partial charge in [0.25, 0.3) is 0 Å². The summed E-state index contributed by atoms with van der Waals surface area (Å²) in [6.07, 6.45) is 0.791. The van der Waals surface area contributed by atoms with Crippen LogP contribution in [0.15, 0.2) is 24.3 Å². The molecule has 0 amide bonds. The van der Waals surface area contributed by atoms with Gasteiger partial charge in [0.05, 0.1) is 0 Å². The third-order valence-electron chi connectivity index (χ3n) is 3.16. The number of hydrogen-bond acceptors (Lipinski definition) is 3. The van der Waals surface area contributed by atoms with E-state index < -0.39 is 0 Å². The third kappa shape index (κ3) is 4.02. The van der Waals surface area contributed by atoms with Gasteiger partial charge in [-0.1, -0.05) is 18.2 Å². The quantitative estimate of drug-likeness (QED) is 0.757. The van der Waals surface area contributed by atoms with E-state index in [0.717, 1.165) is 19.5 Å². The van der Waals surface area contributed by atoms with Gasteiger partial charge in [0.1, 0.15) is 0 Å². The predicted octanol–water partition coefficient (Wildman–Crippen LogP) is 1.79. The van der Waals surface area contributed by atoms with Crippen LogP contribution < -0.4 is 10.2 Å². The van der Waals surface area contributed by atoms with Crippen molar-refractivity contribution in [1.82, 2.24) is 5.32 Å². The van der Waals surface area contributed by atoms with Crippen LogP contribution in [0.25, 0.3) is 0 Å². The Morgan fingerprint density at radius 2 is 2.06 bits per heavy atom. The van der Waals surface area contributed by atoms with Gasteiger partial charge in [0.15, 0.2) is 0 Å². The number of aliphatic hydroxyl groups is 1. The molecule has 0 aliphatic heterocycles. The molecular formula is C14H24N2O. The van der Waals surface area contributed by atoms with Crippen LogP contribution in [-0.2, 0) is 0 Å². The topological polar surface area (TPSA) is 35.5 Å². The van der Waals surface area contributed by atoms with Crippen LogP contribution in [0.1, 0.15) is 18.9 Å². The lowest BCUT2D eigenvalue weighted by atomic mass is 10.1. The molecule has 96 valence electrons. The van der Waals surface area contributed by atoms with Gasteiger partial charge in [-0.2, -0.15) is 0 Å². The molecule has 1 aromatic rings.